The van der Waals surface area contributed by atoms with E-state index in [2.05, 4.69) is 0 Å². The summed E-state index contributed by atoms with van der Waals surface area (Å²) in [6.07, 6.45) is 1.66. The number of ketones is 1. The number of hydrogen-bond acceptors (Lipinski definition) is 3. The third-order valence-corrected chi connectivity index (χ3v) is 4.36. The van der Waals surface area contributed by atoms with Gasteiger partial charge in [0.05, 0.1) is 5.25 Å². The minimum atomic E-state index is -3.18. The van der Waals surface area contributed by atoms with Crippen LogP contribution >= 0.6 is 0 Å². The van der Waals surface area contributed by atoms with Crippen LogP contribution in [0.5, 0.6) is 0 Å². The number of carbonyl (C=O) groups is 1. The second-order valence-corrected chi connectivity index (χ2v) is 5.73. The van der Waals surface area contributed by atoms with Crippen molar-refractivity contribution in [2.75, 3.05) is 5.75 Å². The van der Waals surface area contributed by atoms with E-state index in [1.165, 1.54) is 0 Å². The zero-order valence-corrected chi connectivity index (χ0v) is 9.36. The molecule has 0 amide bonds. The second kappa shape index (κ2) is 5.37. The predicted octanol–water partition coefficient (Wildman–Crippen LogP) is 1.57. The Kier molecular flexibility index (Phi) is 5.21. The molecule has 0 aliphatic heterocycles. The van der Waals surface area contributed by atoms with Gasteiger partial charge in [-0.2, -0.15) is 0 Å². The summed E-state index contributed by atoms with van der Waals surface area (Å²) < 4.78 is 22.9. The quantitative estimate of drug-likeness (QED) is 0.663. The van der Waals surface area contributed by atoms with E-state index in [0.717, 1.165) is 6.42 Å². The Balaban J connectivity index is 4.26. The van der Waals surface area contributed by atoms with Crippen LogP contribution < -0.4 is 0 Å². The van der Waals surface area contributed by atoms with Crippen molar-refractivity contribution < 1.29 is 13.2 Å². The van der Waals surface area contributed by atoms with Crippen LogP contribution in [0.3, 0.4) is 0 Å². The van der Waals surface area contributed by atoms with Crippen LogP contribution in [0.4, 0.5) is 0 Å². The molecule has 0 fully saturated rings. The van der Waals surface area contributed by atoms with Crippen molar-refractivity contribution in [3.8, 4) is 0 Å². The molecular weight excluding hydrogens is 188 g/mol. The molecular formula is C9H18O3S. The molecule has 0 spiro atoms. The van der Waals surface area contributed by atoms with Gasteiger partial charge in [-0.15, -0.1) is 0 Å². The van der Waals surface area contributed by atoms with Gasteiger partial charge in [0.15, 0.2) is 9.84 Å². The molecule has 3 nitrogen and oxygen atoms in total. The summed E-state index contributed by atoms with van der Waals surface area (Å²) in [7, 11) is -3.18. The first-order valence-corrected chi connectivity index (χ1v) is 6.38. The first-order valence-electron chi connectivity index (χ1n) is 4.67. The first kappa shape index (κ1) is 12.6. The number of rotatable bonds is 6. The molecule has 4 heteroatoms. The van der Waals surface area contributed by atoms with Gasteiger partial charge in [-0.3, -0.25) is 4.79 Å². The molecule has 78 valence electrons. The van der Waals surface area contributed by atoms with Crippen LogP contribution in [-0.4, -0.2) is 25.2 Å². The fourth-order valence-electron chi connectivity index (χ4n) is 0.972. The van der Waals surface area contributed by atoms with Crippen molar-refractivity contribution in [1.29, 1.82) is 0 Å². The molecule has 0 radical (unpaired) electrons. The van der Waals surface area contributed by atoms with Crippen LogP contribution in [0.25, 0.3) is 0 Å². The lowest BCUT2D eigenvalue weighted by molar-refractivity contribution is -0.116. The molecule has 1 atom stereocenters. The highest BCUT2D eigenvalue weighted by Crippen LogP contribution is 2.07. The van der Waals surface area contributed by atoms with Crippen molar-refractivity contribution in [2.24, 2.45) is 0 Å². The van der Waals surface area contributed by atoms with Crippen molar-refractivity contribution in [3.05, 3.63) is 0 Å². The van der Waals surface area contributed by atoms with Crippen LogP contribution in [0.15, 0.2) is 0 Å². The van der Waals surface area contributed by atoms with Crippen molar-refractivity contribution >= 4 is 15.6 Å². The maximum absolute atomic E-state index is 11.4. The van der Waals surface area contributed by atoms with Crippen LogP contribution in [0.1, 0.15) is 40.0 Å². The van der Waals surface area contributed by atoms with E-state index < -0.39 is 15.1 Å². The maximum Gasteiger partial charge on any atom is 0.159 e. The number of sulfone groups is 1. The highest BCUT2D eigenvalue weighted by atomic mass is 32.2. The van der Waals surface area contributed by atoms with Gasteiger partial charge in [0.2, 0.25) is 0 Å². The van der Waals surface area contributed by atoms with Gasteiger partial charge in [0.25, 0.3) is 0 Å². The highest BCUT2D eigenvalue weighted by Gasteiger charge is 2.21. The Hall–Kier alpha value is -0.380. The summed E-state index contributed by atoms with van der Waals surface area (Å²) in [5, 5.41) is -0.395. The van der Waals surface area contributed by atoms with Gasteiger partial charge < -0.3 is 0 Å². The molecule has 0 aliphatic rings. The summed E-state index contributed by atoms with van der Waals surface area (Å²) in [6, 6.07) is 0. The third-order valence-electron chi connectivity index (χ3n) is 2.08. The molecule has 0 N–H and O–H groups in total. The van der Waals surface area contributed by atoms with E-state index in [1.807, 2.05) is 13.8 Å². The molecule has 0 bridgehead atoms. The fraction of sp³-hybridized carbons (Fsp3) is 0.889. The van der Waals surface area contributed by atoms with Gasteiger partial charge in [0, 0.05) is 6.42 Å². The van der Waals surface area contributed by atoms with E-state index in [-0.39, 0.29) is 11.5 Å². The monoisotopic (exact) mass is 206 g/mol. The minimum absolute atomic E-state index is 0.164. The summed E-state index contributed by atoms with van der Waals surface area (Å²) in [6.45, 7) is 5.33. The Morgan fingerprint density at radius 1 is 1.31 bits per heavy atom. The lowest BCUT2D eigenvalue weighted by atomic mass is 10.3. The zero-order chi connectivity index (χ0) is 10.5. The molecule has 13 heavy (non-hydrogen) atoms. The standard InChI is InChI=1S/C9H18O3S/c1-4-6-9(10)7-13(11,12)8(3)5-2/h8H,4-7H2,1-3H3. The maximum atomic E-state index is 11.4. The molecule has 0 saturated heterocycles. The Morgan fingerprint density at radius 2 is 1.85 bits per heavy atom. The van der Waals surface area contributed by atoms with Crippen LogP contribution in [0, 0.1) is 0 Å². The van der Waals surface area contributed by atoms with Gasteiger partial charge in [-0.1, -0.05) is 13.8 Å². The first-order chi connectivity index (χ1) is 5.94. The second-order valence-electron chi connectivity index (χ2n) is 3.31. The Bertz CT molecular complexity index is 254. The zero-order valence-electron chi connectivity index (χ0n) is 8.54. The van der Waals surface area contributed by atoms with Gasteiger partial charge in [0.1, 0.15) is 11.5 Å². The minimum Gasteiger partial charge on any atom is -0.299 e. The van der Waals surface area contributed by atoms with E-state index in [9.17, 15) is 13.2 Å². The van der Waals surface area contributed by atoms with Crippen LogP contribution in [0.2, 0.25) is 0 Å². The lowest BCUT2D eigenvalue weighted by Crippen LogP contribution is -2.25. The van der Waals surface area contributed by atoms with Gasteiger partial charge >= 0.3 is 0 Å². The average molecular weight is 206 g/mol. The van der Waals surface area contributed by atoms with Gasteiger partial charge in [-0.05, 0) is 19.8 Å². The molecule has 0 aromatic carbocycles. The number of hydrogen-bond donors (Lipinski definition) is 0. The van der Waals surface area contributed by atoms with Crippen LogP contribution in [-0.2, 0) is 14.6 Å². The summed E-state index contributed by atoms with van der Waals surface area (Å²) in [4.78, 5) is 11.1. The molecule has 0 rings (SSSR count). The normalized spacial score (nSPS) is 14.1. The van der Waals surface area contributed by atoms with E-state index >= 15 is 0 Å². The van der Waals surface area contributed by atoms with Crippen molar-refractivity contribution in [1.82, 2.24) is 0 Å². The molecule has 0 saturated carbocycles. The number of Topliss-reactive ketones (excluding diaryl/α,β-unsaturated/α-hetero) is 1. The highest BCUT2D eigenvalue weighted by molar-refractivity contribution is 7.92. The molecule has 0 heterocycles. The van der Waals surface area contributed by atoms with E-state index in [0.29, 0.717) is 12.8 Å². The summed E-state index contributed by atoms with van der Waals surface area (Å²) >= 11 is 0. The molecule has 0 aromatic heterocycles. The summed E-state index contributed by atoms with van der Waals surface area (Å²) in [5.74, 6) is -0.446. The van der Waals surface area contributed by atoms with E-state index in [1.54, 1.807) is 6.92 Å². The Labute approximate surface area is 80.4 Å². The van der Waals surface area contributed by atoms with Gasteiger partial charge in [-0.25, -0.2) is 8.42 Å². The van der Waals surface area contributed by atoms with E-state index in [4.69, 9.17) is 0 Å². The average Bonchev–Trinajstić information content (AvgIpc) is 2.02. The SMILES string of the molecule is CCCC(=O)CS(=O)(=O)C(C)CC. The molecule has 0 aliphatic carbocycles. The van der Waals surface area contributed by atoms with Crippen molar-refractivity contribution in [3.63, 3.8) is 0 Å². The summed E-state index contributed by atoms with van der Waals surface area (Å²) in [5.41, 5.74) is 0. The Morgan fingerprint density at radius 3 is 2.23 bits per heavy atom. The molecule has 0 aromatic rings. The largest absolute Gasteiger partial charge is 0.299 e. The fourth-order valence-corrected chi connectivity index (χ4v) is 2.36. The van der Waals surface area contributed by atoms with Crippen molar-refractivity contribution in [2.45, 2.75) is 45.3 Å². The third kappa shape index (κ3) is 4.41. The smallest absolute Gasteiger partial charge is 0.159 e. The topological polar surface area (TPSA) is 51.2 Å². The molecule has 1 unspecified atom stereocenters. The number of carbonyl (C=O) groups excluding carboxylic acids is 1. The predicted molar refractivity (Wildman–Crippen MR) is 53.5 cm³/mol. The lowest BCUT2D eigenvalue weighted by Gasteiger charge is -2.08.